The van der Waals surface area contributed by atoms with Gasteiger partial charge in [-0.2, -0.15) is 0 Å². The van der Waals surface area contributed by atoms with Crippen LogP contribution in [0.25, 0.3) is 0 Å². The number of nitrogens with one attached hydrogen (secondary N) is 1. The lowest BCUT2D eigenvalue weighted by Gasteiger charge is -2.27. The van der Waals surface area contributed by atoms with Crippen molar-refractivity contribution in [2.45, 2.75) is 50.2 Å². The Hall–Kier alpha value is -0.860. The maximum absolute atomic E-state index is 12.7. The van der Waals surface area contributed by atoms with Crippen LogP contribution in [0.3, 0.4) is 0 Å². The molecular formula is C16H27ClN2O4S. The fraction of sp³-hybridized carbons (Fsp3) is 0.625. The predicted molar refractivity (Wildman–Crippen MR) is 96.1 cm³/mol. The Kier molecular flexibility index (Phi) is 7.95. The van der Waals surface area contributed by atoms with Crippen molar-refractivity contribution in [3.63, 3.8) is 0 Å². The van der Waals surface area contributed by atoms with Crippen LogP contribution in [0.4, 0.5) is 0 Å². The van der Waals surface area contributed by atoms with Crippen molar-refractivity contribution in [1.82, 2.24) is 4.72 Å². The Morgan fingerprint density at radius 1 is 1.33 bits per heavy atom. The first kappa shape index (κ1) is 21.2. The number of hydrogen-bond donors (Lipinski definition) is 2. The van der Waals surface area contributed by atoms with Crippen molar-refractivity contribution in [3.8, 4) is 5.75 Å². The summed E-state index contributed by atoms with van der Waals surface area (Å²) in [6, 6.07) is 4.49. The van der Waals surface area contributed by atoms with E-state index >= 15 is 0 Å². The van der Waals surface area contributed by atoms with Crippen LogP contribution in [-0.4, -0.2) is 40.3 Å². The highest BCUT2D eigenvalue weighted by molar-refractivity contribution is 7.89. The molecule has 1 rings (SSSR count). The van der Waals surface area contributed by atoms with Gasteiger partial charge in [0.1, 0.15) is 16.7 Å². The number of hydrogen-bond acceptors (Lipinski definition) is 5. The van der Waals surface area contributed by atoms with Gasteiger partial charge in [0.25, 0.3) is 0 Å². The normalized spacial score (nSPS) is 13.8. The van der Waals surface area contributed by atoms with Gasteiger partial charge in [-0.3, -0.25) is 0 Å². The summed E-state index contributed by atoms with van der Waals surface area (Å²) in [6.45, 7) is 6.13. The van der Waals surface area contributed by atoms with Crippen molar-refractivity contribution in [2.24, 2.45) is 5.73 Å². The lowest BCUT2D eigenvalue weighted by molar-refractivity contribution is 0.0901. The smallest absolute Gasteiger partial charge is 0.244 e. The van der Waals surface area contributed by atoms with Crippen LogP contribution in [0.2, 0.25) is 5.02 Å². The third-order valence-electron chi connectivity index (χ3n) is 3.95. The maximum Gasteiger partial charge on any atom is 0.244 e. The number of rotatable bonds is 10. The number of benzene rings is 1. The van der Waals surface area contributed by atoms with E-state index in [0.29, 0.717) is 24.5 Å². The monoisotopic (exact) mass is 378 g/mol. The van der Waals surface area contributed by atoms with Gasteiger partial charge >= 0.3 is 0 Å². The summed E-state index contributed by atoms with van der Waals surface area (Å²) in [5.41, 5.74) is 5.58. The molecular weight excluding hydrogens is 352 g/mol. The highest BCUT2D eigenvalue weighted by atomic mass is 35.5. The van der Waals surface area contributed by atoms with Crippen LogP contribution in [0.1, 0.15) is 33.6 Å². The first-order valence-electron chi connectivity index (χ1n) is 7.91. The van der Waals surface area contributed by atoms with Crippen LogP contribution in [0.5, 0.6) is 5.75 Å². The lowest BCUT2D eigenvalue weighted by Crippen LogP contribution is -2.49. The second-order valence-electron chi connectivity index (χ2n) is 5.87. The summed E-state index contributed by atoms with van der Waals surface area (Å²) in [5.74, 6) is 0.229. The van der Waals surface area contributed by atoms with Gasteiger partial charge in [0.2, 0.25) is 10.0 Å². The predicted octanol–water partition coefficient (Wildman–Crippen LogP) is 2.55. The van der Waals surface area contributed by atoms with Crippen LogP contribution >= 0.6 is 11.6 Å². The van der Waals surface area contributed by atoms with E-state index in [0.717, 1.165) is 0 Å². The largest absolute Gasteiger partial charge is 0.487 e. The van der Waals surface area contributed by atoms with Crippen LogP contribution < -0.4 is 15.2 Å². The summed E-state index contributed by atoms with van der Waals surface area (Å²) in [5, 5.41) is 0.312. The number of methoxy groups -OCH3 is 1. The van der Waals surface area contributed by atoms with Gasteiger partial charge in [0.05, 0.1) is 6.61 Å². The maximum atomic E-state index is 12.7. The molecule has 0 fully saturated rings. The minimum absolute atomic E-state index is 0.00694. The number of nitrogens with two attached hydrogens (primary N) is 1. The average molecular weight is 379 g/mol. The first-order chi connectivity index (χ1) is 11.2. The van der Waals surface area contributed by atoms with E-state index < -0.39 is 15.6 Å². The standard InChI is InChI=1S/C16H27ClN2O4S/c1-5-16(18,6-2)11-19-24(20,21)15-9-13(17)7-8-14(15)23-12(3)10-22-4/h7-9,12,19H,5-6,10-11,18H2,1-4H3. The fourth-order valence-electron chi connectivity index (χ4n) is 2.09. The van der Waals surface area contributed by atoms with Gasteiger partial charge in [-0.15, -0.1) is 0 Å². The minimum Gasteiger partial charge on any atom is -0.487 e. The zero-order valence-corrected chi connectivity index (χ0v) is 16.2. The molecule has 0 amide bonds. The molecule has 3 N–H and O–H groups in total. The molecule has 1 unspecified atom stereocenters. The Morgan fingerprint density at radius 2 is 1.96 bits per heavy atom. The molecule has 0 radical (unpaired) electrons. The van der Waals surface area contributed by atoms with Gasteiger partial charge < -0.3 is 15.2 Å². The van der Waals surface area contributed by atoms with E-state index in [4.69, 9.17) is 26.8 Å². The third kappa shape index (κ3) is 5.89. The Labute approximate surface area is 149 Å². The molecule has 0 saturated heterocycles. The molecule has 0 aliphatic heterocycles. The third-order valence-corrected chi connectivity index (χ3v) is 5.60. The Morgan fingerprint density at radius 3 is 2.50 bits per heavy atom. The van der Waals surface area contributed by atoms with Crippen molar-refractivity contribution in [3.05, 3.63) is 23.2 Å². The highest BCUT2D eigenvalue weighted by Gasteiger charge is 2.26. The van der Waals surface area contributed by atoms with Crippen LogP contribution in [0.15, 0.2) is 23.1 Å². The van der Waals surface area contributed by atoms with Crippen molar-refractivity contribution >= 4 is 21.6 Å². The number of ether oxygens (including phenoxy) is 2. The summed E-state index contributed by atoms with van der Waals surface area (Å²) >= 11 is 5.97. The molecule has 0 heterocycles. The number of halogens is 1. The molecule has 6 nitrogen and oxygen atoms in total. The molecule has 1 atom stereocenters. The molecule has 0 aliphatic rings. The fourth-order valence-corrected chi connectivity index (χ4v) is 3.62. The van der Waals surface area contributed by atoms with E-state index in [2.05, 4.69) is 4.72 Å². The summed E-state index contributed by atoms with van der Waals surface area (Å²) in [7, 11) is -2.25. The van der Waals surface area contributed by atoms with Crippen LogP contribution in [-0.2, 0) is 14.8 Å². The Bertz CT molecular complexity index is 633. The zero-order chi connectivity index (χ0) is 18.4. The topological polar surface area (TPSA) is 90.7 Å². The molecule has 0 aromatic heterocycles. The van der Waals surface area contributed by atoms with E-state index in [1.165, 1.54) is 6.07 Å². The summed E-state index contributed by atoms with van der Waals surface area (Å²) < 4.78 is 38.6. The van der Waals surface area contributed by atoms with Gasteiger partial charge in [-0.25, -0.2) is 13.1 Å². The molecule has 1 aromatic carbocycles. The van der Waals surface area contributed by atoms with E-state index in [1.807, 2.05) is 13.8 Å². The molecule has 0 saturated carbocycles. The Balaban J connectivity index is 3.07. The molecule has 138 valence electrons. The first-order valence-corrected chi connectivity index (χ1v) is 9.77. The molecule has 0 spiro atoms. The molecule has 8 heteroatoms. The van der Waals surface area contributed by atoms with Gasteiger partial charge in [0.15, 0.2) is 0 Å². The second kappa shape index (κ2) is 9.01. The number of sulfonamides is 1. The van der Waals surface area contributed by atoms with Crippen molar-refractivity contribution in [2.75, 3.05) is 20.3 Å². The van der Waals surface area contributed by atoms with E-state index in [-0.39, 0.29) is 23.3 Å². The second-order valence-corrected chi connectivity index (χ2v) is 8.04. The highest BCUT2D eigenvalue weighted by Crippen LogP contribution is 2.28. The SMILES string of the molecule is CCC(N)(CC)CNS(=O)(=O)c1cc(Cl)ccc1OC(C)COC. The van der Waals surface area contributed by atoms with Crippen molar-refractivity contribution in [1.29, 1.82) is 0 Å². The molecule has 24 heavy (non-hydrogen) atoms. The van der Waals surface area contributed by atoms with Gasteiger partial charge in [-0.05, 0) is 38.0 Å². The molecule has 1 aromatic rings. The van der Waals surface area contributed by atoms with Gasteiger partial charge in [-0.1, -0.05) is 25.4 Å². The van der Waals surface area contributed by atoms with E-state index in [9.17, 15) is 8.42 Å². The van der Waals surface area contributed by atoms with E-state index in [1.54, 1.807) is 26.2 Å². The average Bonchev–Trinajstić information content (AvgIpc) is 2.54. The minimum atomic E-state index is -3.81. The van der Waals surface area contributed by atoms with Gasteiger partial charge in [0, 0.05) is 24.2 Å². The summed E-state index contributed by atoms with van der Waals surface area (Å²) in [4.78, 5) is -0.00694. The molecule has 0 aliphatic carbocycles. The van der Waals surface area contributed by atoms with Crippen LogP contribution in [0, 0.1) is 0 Å². The quantitative estimate of drug-likeness (QED) is 0.652. The van der Waals surface area contributed by atoms with Crippen molar-refractivity contribution < 1.29 is 17.9 Å². The zero-order valence-electron chi connectivity index (χ0n) is 14.6. The summed E-state index contributed by atoms with van der Waals surface area (Å²) in [6.07, 6.45) is 1.02. The molecule has 0 bridgehead atoms. The lowest BCUT2D eigenvalue weighted by atomic mass is 9.95.